The van der Waals surface area contributed by atoms with Crippen molar-refractivity contribution in [3.8, 4) is 0 Å². The van der Waals surface area contributed by atoms with Crippen LogP contribution in [0.15, 0.2) is 40.4 Å². The highest BCUT2D eigenvalue weighted by Crippen LogP contribution is 2.14. The van der Waals surface area contributed by atoms with Gasteiger partial charge >= 0.3 is 0 Å². The van der Waals surface area contributed by atoms with Crippen LogP contribution in [-0.4, -0.2) is 35.7 Å². The zero-order chi connectivity index (χ0) is 13.1. The summed E-state index contributed by atoms with van der Waals surface area (Å²) in [7, 11) is 0. The van der Waals surface area contributed by atoms with Crippen molar-refractivity contribution in [3.63, 3.8) is 0 Å². The lowest BCUT2D eigenvalue weighted by Gasteiger charge is -2.31. The lowest BCUT2D eigenvalue weighted by Crippen LogP contribution is -2.46. The number of hydrazone groups is 1. The molecule has 0 aliphatic carbocycles. The number of aliphatic imine (C=N–C) groups is 1. The highest BCUT2D eigenvalue weighted by molar-refractivity contribution is 6.07. The maximum atomic E-state index is 4.76. The topological polar surface area (TPSA) is 40.0 Å². The van der Waals surface area contributed by atoms with Crippen LogP contribution < -0.4 is 5.43 Å². The first-order valence-corrected chi connectivity index (χ1v) is 7.06. The molecule has 2 aliphatic rings. The van der Waals surface area contributed by atoms with Gasteiger partial charge in [-0.1, -0.05) is 30.3 Å². The van der Waals surface area contributed by atoms with Crippen molar-refractivity contribution in [1.82, 2.24) is 10.3 Å². The Balaban J connectivity index is 1.75. The minimum absolute atomic E-state index is 0.112. The van der Waals surface area contributed by atoms with E-state index in [-0.39, 0.29) is 6.04 Å². The first-order chi connectivity index (χ1) is 9.34. The highest BCUT2D eigenvalue weighted by Gasteiger charge is 2.22. The summed E-state index contributed by atoms with van der Waals surface area (Å²) in [5.41, 5.74) is 5.29. The largest absolute Gasteiger partial charge is 0.342 e. The number of piperidine rings is 1. The Labute approximate surface area is 114 Å². The number of hydrogen-bond acceptors (Lipinski definition) is 4. The minimum Gasteiger partial charge on any atom is -0.342 e. The van der Waals surface area contributed by atoms with E-state index < -0.39 is 0 Å². The maximum absolute atomic E-state index is 4.76. The maximum Gasteiger partial charge on any atom is 0.215 e. The second-order valence-electron chi connectivity index (χ2n) is 5.15. The Kier molecular flexibility index (Phi) is 3.49. The van der Waals surface area contributed by atoms with E-state index >= 15 is 0 Å². The van der Waals surface area contributed by atoms with Crippen molar-refractivity contribution >= 4 is 11.7 Å². The molecule has 1 unspecified atom stereocenters. The van der Waals surface area contributed by atoms with E-state index in [2.05, 4.69) is 34.5 Å². The van der Waals surface area contributed by atoms with E-state index in [0.29, 0.717) is 0 Å². The molecule has 0 spiro atoms. The number of nitrogens with zero attached hydrogens (tertiary/aromatic N) is 3. The molecule has 0 bridgehead atoms. The van der Waals surface area contributed by atoms with E-state index in [1.165, 1.54) is 19.3 Å². The Bertz CT molecular complexity index is 486. The Morgan fingerprint density at radius 2 is 1.84 bits per heavy atom. The molecule has 100 valence electrons. The fraction of sp³-hybridized carbons (Fsp3) is 0.467. The molecule has 0 radical (unpaired) electrons. The van der Waals surface area contributed by atoms with Gasteiger partial charge in [0.25, 0.3) is 0 Å². The van der Waals surface area contributed by atoms with E-state index in [4.69, 9.17) is 4.99 Å². The van der Waals surface area contributed by atoms with Gasteiger partial charge in [0, 0.05) is 13.1 Å². The molecule has 1 fully saturated rings. The molecule has 2 aliphatic heterocycles. The van der Waals surface area contributed by atoms with Gasteiger partial charge in [-0.25, -0.2) is 10.4 Å². The lowest BCUT2D eigenvalue weighted by molar-refractivity contribution is 0.330. The molecule has 4 heteroatoms. The standard InChI is InChI=1S/C15H20N4/c1-12-14(13-8-4-2-5-9-13)17-18-15(16-12)19-10-6-3-7-11-19/h2,4-5,8-9,12H,3,6-7,10-11H2,1H3,(H,16,18). The summed E-state index contributed by atoms with van der Waals surface area (Å²) in [5.74, 6) is 0.937. The number of rotatable bonds is 1. The Hall–Kier alpha value is -1.84. The lowest BCUT2D eigenvalue weighted by atomic mass is 10.0. The minimum atomic E-state index is 0.112. The highest BCUT2D eigenvalue weighted by atomic mass is 15.4. The molecule has 0 amide bonds. The third-order valence-corrected chi connectivity index (χ3v) is 3.71. The van der Waals surface area contributed by atoms with Gasteiger partial charge in [0.05, 0.1) is 11.8 Å². The van der Waals surface area contributed by atoms with Crippen LogP contribution in [0.3, 0.4) is 0 Å². The van der Waals surface area contributed by atoms with Crippen molar-refractivity contribution in [2.45, 2.75) is 32.2 Å². The molecule has 19 heavy (non-hydrogen) atoms. The van der Waals surface area contributed by atoms with Crippen LogP contribution >= 0.6 is 0 Å². The van der Waals surface area contributed by atoms with Crippen molar-refractivity contribution in [3.05, 3.63) is 35.9 Å². The average Bonchev–Trinajstić information content (AvgIpc) is 2.49. The summed E-state index contributed by atoms with van der Waals surface area (Å²) in [4.78, 5) is 7.08. The molecule has 1 saturated heterocycles. The van der Waals surface area contributed by atoms with E-state index in [0.717, 1.165) is 30.3 Å². The van der Waals surface area contributed by atoms with Gasteiger partial charge in [0.2, 0.25) is 5.96 Å². The molecule has 1 aromatic rings. The fourth-order valence-electron chi connectivity index (χ4n) is 2.65. The molecule has 3 rings (SSSR count). The molecule has 1 atom stereocenters. The number of hydrogen-bond donors (Lipinski definition) is 1. The molecule has 2 heterocycles. The second-order valence-corrected chi connectivity index (χ2v) is 5.15. The van der Waals surface area contributed by atoms with Gasteiger partial charge in [-0.3, -0.25) is 0 Å². The van der Waals surface area contributed by atoms with Gasteiger partial charge in [-0.2, -0.15) is 5.10 Å². The second kappa shape index (κ2) is 5.43. The van der Waals surface area contributed by atoms with Crippen LogP contribution in [0.1, 0.15) is 31.7 Å². The number of nitrogens with one attached hydrogen (secondary N) is 1. The molecule has 0 saturated carbocycles. The summed E-state index contributed by atoms with van der Waals surface area (Å²) < 4.78 is 0. The van der Waals surface area contributed by atoms with Crippen LogP contribution in [-0.2, 0) is 0 Å². The summed E-state index contributed by atoms with van der Waals surface area (Å²) in [6.45, 7) is 4.29. The molecule has 0 aromatic heterocycles. The summed E-state index contributed by atoms with van der Waals surface area (Å²) in [5, 5.41) is 4.53. The smallest absolute Gasteiger partial charge is 0.215 e. The third kappa shape index (κ3) is 2.62. The zero-order valence-corrected chi connectivity index (χ0v) is 11.3. The summed E-state index contributed by atoms with van der Waals surface area (Å²) in [6, 6.07) is 10.4. The van der Waals surface area contributed by atoms with Crippen LogP contribution in [0.25, 0.3) is 0 Å². The van der Waals surface area contributed by atoms with Crippen molar-refractivity contribution in [2.75, 3.05) is 13.1 Å². The average molecular weight is 256 g/mol. The monoisotopic (exact) mass is 256 g/mol. The molecule has 4 nitrogen and oxygen atoms in total. The van der Waals surface area contributed by atoms with Crippen molar-refractivity contribution < 1.29 is 0 Å². The van der Waals surface area contributed by atoms with Gasteiger partial charge in [0.15, 0.2) is 0 Å². The summed E-state index contributed by atoms with van der Waals surface area (Å²) >= 11 is 0. The Morgan fingerprint density at radius 1 is 1.11 bits per heavy atom. The van der Waals surface area contributed by atoms with Crippen LogP contribution in [0, 0.1) is 0 Å². The molecular weight excluding hydrogens is 236 g/mol. The predicted molar refractivity (Wildman–Crippen MR) is 78.4 cm³/mol. The van der Waals surface area contributed by atoms with E-state index in [9.17, 15) is 0 Å². The predicted octanol–water partition coefficient (Wildman–Crippen LogP) is 2.22. The molecule has 1 aromatic carbocycles. The number of benzene rings is 1. The molecule has 1 N–H and O–H groups in total. The molecular formula is C15H20N4. The van der Waals surface area contributed by atoms with Gasteiger partial charge in [-0.15, -0.1) is 0 Å². The quantitative estimate of drug-likeness (QED) is 0.837. The number of guanidine groups is 1. The first kappa shape index (κ1) is 12.2. The normalized spacial score (nSPS) is 23.4. The van der Waals surface area contributed by atoms with Crippen LogP contribution in [0.2, 0.25) is 0 Å². The Morgan fingerprint density at radius 3 is 2.53 bits per heavy atom. The van der Waals surface area contributed by atoms with Gasteiger partial charge in [0.1, 0.15) is 0 Å². The van der Waals surface area contributed by atoms with E-state index in [1.54, 1.807) is 0 Å². The van der Waals surface area contributed by atoms with E-state index in [1.807, 2.05) is 18.2 Å². The first-order valence-electron chi connectivity index (χ1n) is 7.06. The van der Waals surface area contributed by atoms with Gasteiger partial charge in [-0.05, 0) is 31.7 Å². The van der Waals surface area contributed by atoms with Crippen LogP contribution in [0.5, 0.6) is 0 Å². The zero-order valence-electron chi connectivity index (χ0n) is 11.3. The van der Waals surface area contributed by atoms with Gasteiger partial charge < -0.3 is 4.90 Å². The van der Waals surface area contributed by atoms with Crippen LogP contribution in [0.4, 0.5) is 0 Å². The number of likely N-dealkylation sites (tertiary alicyclic amines) is 1. The fourth-order valence-corrected chi connectivity index (χ4v) is 2.65. The summed E-state index contributed by atoms with van der Waals surface area (Å²) in [6.07, 6.45) is 3.84. The third-order valence-electron chi connectivity index (χ3n) is 3.71. The SMILES string of the molecule is CC1N=C(N2CCCCC2)NN=C1c1ccccc1. The van der Waals surface area contributed by atoms with Crippen molar-refractivity contribution in [1.29, 1.82) is 0 Å². The van der Waals surface area contributed by atoms with Crippen molar-refractivity contribution in [2.24, 2.45) is 10.1 Å².